The van der Waals surface area contributed by atoms with Gasteiger partial charge in [-0.2, -0.15) is 0 Å². The Morgan fingerprint density at radius 3 is 1.76 bits per heavy atom. The van der Waals surface area contributed by atoms with E-state index >= 15 is 0 Å². The van der Waals surface area contributed by atoms with Gasteiger partial charge in [0.05, 0.1) is 0 Å². The van der Waals surface area contributed by atoms with E-state index in [-0.39, 0.29) is 0 Å². The first-order chi connectivity index (χ1) is 8.19. The van der Waals surface area contributed by atoms with Gasteiger partial charge in [-0.3, -0.25) is 5.43 Å². The predicted octanol–water partition coefficient (Wildman–Crippen LogP) is -0.417. The second-order valence-electron chi connectivity index (χ2n) is 5.16. The van der Waals surface area contributed by atoms with Crippen molar-refractivity contribution in [3.8, 4) is 0 Å². The molecule has 2 saturated carbocycles. The van der Waals surface area contributed by atoms with Crippen molar-refractivity contribution in [3.63, 3.8) is 0 Å². The van der Waals surface area contributed by atoms with Gasteiger partial charge in [0.25, 0.3) is 0 Å². The molecule has 0 bridgehead atoms. The molecule has 2 aliphatic carbocycles. The number of nitrogens with zero attached hydrogens (tertiary/aromatic N) is 2. The second kappa shape index (κ2) is 8.00. The topological polar surface area (TPSA) is 70.5 Å². The third kappa shape index (κ3) is 6.95. The van der Waals surface area contributed by atoms with E-state index in [1.807, 2.05) is 14.1 Å². The summed E-state index contributed by atoms with van der Waals surface area (Å²) in [6.45, 7) is 3.43. The molecule has 2 aliphatic rings. The third-order valence-electron chi connectivity index (χ3n) is 2.90. The van der Waals surface area contributed by atoms with Gasteiger partial charge in [-0.25, -0.2) is 5.01 Å². The van der Waals surface area contributed by atoms with E-state index in [1.165, 1.54) is 25.7 Å². The SMILES string of the molecule is CN(C)CCN.NCCNN(C1CC1)C1CC1. The largest absolute Gasteiger partial charge is 0.329 e. The summed E-state index contributed by atoms with van der Waals surface area (Å²) in [7, 11) is 4.01. The maximum absolute atomic E-state index is 5.43. The number of rotatable bonds is 7. The lowest BCUT2D eigenvalue weighted by atomic mass is 10.5. The van der Waals surface area contributed by atoms with Gasteiger partial charge in [-0.05, 0) is 39.8 Å². The zero-order chi connectivity index (χ0) is 12.7. The number of likely N-dealkylation sites (N-methyl/N-ethyl adjacent to an activating group) is 1. The zero-order valence-electron chi connectivity index (χ0n) is 11.4. The minimum atomic E-state index is 0.746. The van der Waals surface area contributed by atoms with Crippen LogP contribution < -0.4 is 16.9 Å². The minimum Gasteiger partial charge on any atom is -0.329 e. The fourth-order valence-corrected chi connectivity index (χ4v) is 1.71. The molecule has 5 nitrogen and oxygen atoms in total. The molecule has 0 aromatic carbocycles. The smallest absolute Gasteiger partial charge is 0.0247 e. The van der Waals surface area contributed by atoms with Crippen LogP contribution in [-0.2, 0) is 0 Å². The summed E-state index contributed by atoms with van der Waals surface area (Å²) in [5, 5.41) is 2.44. The van der Waals surface area contributed by atoms with E-state index in [9.17, 15) is 0 Å². The standard InChI is InChI=1S/C8H17N3.C4H12N2/c9-5-6-10-11(7-1-2-7)8-3-4-8;1-6(2)4-3-5/h7-8,10H,1-6,9H2;3-5H2,1-2H3. The van der Waals surface area contributed by atoms with Gasteiger partial charge in [-0.15, -0.1) is 0 Å². The van der Waals surface area contributed by atoms with Gasteiger partial charge in [0, 0.05) is 38.3 Å². The molecule has 5 heteroatoms. The highest BCUT2D eigenvalue weighted by atomic mass is 15.6. The molecule has 5 N–H and O–H groups in total. The van der Waals surface area contributed by atoms with Crippen LogP contribution in [0, 0.1) is 0 Å². The van der Waals surface area contributed by atoms with Crippen molar-refractivity contribution in [1.82, 2.24) is 15.3 Å². The Morgan fingerprint density at radius 1 is 1.00 bits per heavy atom. The Kier molecular flexibility index (Phi) is 6.99. The van der Waals surface area contributed by atoms with Crippen LogP contribution >= 0.6 is 0 Å². The average Bonchev–Trinajstić information content (AvgIpc) is 3.14. The number of nitrogens with two attached hydrogens (primary N) is 2. The van der Waals surface area contributed by atoms with E-state index in [1.54, 1.807) is 0 Å². The molecule has 0 aromatic rings. The first-order valence-electron chi connectivity index (χ1n) is 6.75. The molecule has 0 atom stereocenters. The molecule has 17 heavy (non-hydrogen) atoms. The molecular formula is C12H29N5. The van der Waals surface area contributed by atoms with Crippen LogP contribution in [-0.4, -0.2) is 62.3 Å². The average molecular weight is 243 g/mol. The minimum absolute atomic E-state index is 0.746. The van der Waals surface area contributed by atoms with Gasteiger partial charge in [0.15, 0.2) is 0 Å². The van der Waals surface area contributed by atoms with Crippen molar-refractivity contribution in [2.45, 2.75) is 37.8 Å². The Hall–Kier alpha value is -0.200. The predicted molar refractivity (Wildman–Crippen MR) is 72.5 cm³/mol. The fourth-order valence-electron chi connectivity index (χ4n) is 1.71. The van der Waals surface area contributed by atoms with Gasteiger partial charge in [0.1, 0.15) is 0 Å². The maximum atomic E-state index is 5.43. The molecule has 2 fully saturated rings. The molecule has 0 aromatic heterocycles. The van der Waals surface area contributed by atoms with E-state index in [4.69, 9.17) is 11.5 Å². The highest BCUT2D eigenvalue weighted by Crippen LogP contribution is 2.35. The van der Waals surface area contributed by atoms with E-state index in [0.717, 1.165) is 38.3 Å². The Balaban J connectivity index is 0.000000209. The summed E-state index contributed by atoms with van der Waals surface area (Å²) in [4.78, 5) is 2.06. The third-order valence-corrected chi connectivity index (χ3v) is 2.90. The Morgan fingerprint density at radius 2 is 1.53 bits per heavy atom. The van der Waals surface area contributed by atoms with Gasteiger partial charge >= 0.3 is 0 Å². The first-order valence-corrected chi connectivity index (χ1v) is 6.75. The molecule has 0 amide bonds. The lowest BCUT2D eigenvalue weighted by Crippen LogP contribution is -2.43. The Labute approximate surface area is 105 Å². The lowest BCUT2D eigenvalue weighted by molar-refractivity contribution is 0.169. The molecule has 0 heterocycles. The van der Waals surface area contributed by atoms with E-state index in [0.29, 0.717) is 0 Å². The van der Waals surface area contributed by atoms with Crippen LogP contribution in [0.5, 0.6) is 0 Å². The molecule has 102 valence electrons. The Bertz CT molecular complexity index is 177. The summed E-state index contributed by atoms with van der Waals surface area (Å²) >= 11 is 0. The van der Waals surface area contributed by atoms with Crippen LogP contribution in [0.2, 0.25) is 0 Å². The first kappa shape index (κ1) is 14.9. The lowest BCUT2D eigenvalue weighted by Gasteiger charge is -2.22. The van der Waals surface area contributed by atoms with Crippen LogP contribution in [0.3, 0.4) is 0 Å². The molecule has 2 rings (SSSR count). The summed E-state index contributed by atoms with van der Waals surface area (Å²) in [5.74, 6) is 0. The van der Waals surface area contributed by atoms with Crippen LogP contribution in [0.25, 0.3) is 0 Å². The number of nitrogens with one attached hydrogen (secondary N) is 1. The van der Waals surface area contributed by atoms with Gasteiger partial charge in [-0.1, -0.05) is 0 Å². The van der Waals surface area contributed by atoms with Gasteiger partial charge < -0.3 is 16.4 Å². The number of hydrogen-bond acceptors (Lipinski definition) is 5. The van der Waals surface area contributed by atoms with Crippen molar-refractivity contribution in [2.24, 2.45) is 11.5 Å². The number of hydrazine groups is 1. The molecule has 0 aliphatic heterocycles. The normalized spacial score (nSPS) is 19.4. The second-order valence-corrected chi connectivity index (χ2v) is 5.16. The molecular weight excluding hydrogens is 214 g/mol. The highest BCUT2D eigenvalue weighted by molar-refractivity contribution is 4.92. The molecule has 0 unspecified atom stereocenters. The fraction of sp³-hybridized carbons (Fsp3) is 1.00. The molecule has 0 radical (unpaired) electrons. The zero-order valence-corrected chi connectivity index (χ0v) is 11.4. The van der Waals surface area contributed by atoms with Crippen LogP contribution in [0.1, 0.15) is 25.7 Å². The van der Waals surface area contributed by atoms with Crippen molar-refractivity contribution in [1.29, 1.82) is 0 Å². The van der Waals surface area contributed by atoms with Gasteiger partial charge in [0.2, 0.25) is 0 Å². The quantitative estimate of drug-likeness (QED) is 0.530. The van der Waals surface area contributed by atoms with Crippen molar-refractivity contribution < 1.29 is 0 Å². The number of hydrogen-bond donors (Lipinski definition) is 3. The molecule has 0 saturated heterocycles. The summed E-state index contributed by atoms with van der Waals surface area (Å²) in [6.07, 6.45) is 5.53. The van der Waals surface area contributed by atoms with Crippen LogP contribution in [0.15, 0.2) is 0 Å². The molecule has 0 spiro atoms. The van der Waals surface area contributed by atoms with Crippen LogP contribution in [0.4, 0.5) is 0 Å². The maximum Gasteiger partial charge on any atom is 0.0247 e. The van der Waals surface area contributed by atoms with Crippen molar-refractivity contribution in [2.75, 3.05) is 40.3 Å². The van der Waals surface area contributed by atoms with Crippen molar-refractivity contribution in [3.05, 3.63) is 0 Å². The summed E-state index contributed by atoms with van der Waals surface area (Å²) < 4.78 is 0. The highest BCUT2D eigenvalue weighted by Gasteiger charge is 2.38. The summed E-state index contributed by atoms with van der Waals surface area (Å²) in [6, 6.07) is 1.68. The van der Waals surface area contributed by atoms with Crippen molar-refractivity contribution >= 4 is 0 Å². The van der Waals surface area contributed by atoms with E-state index in [2.05, 4.69) is 15.3 Å². The summed E-state index contributed by atoms with van der Waals surface area (Å²) in [5.41, 5.74) is 14.0. The monoisotopic (exact) mass is 243 g/mol. The van der Waals surface area contributed by atoms with E-state index < -0.39 is 0 Å².